The van der Waals surface area contributed by atoms with E-state index >= 15 is 0 Å². The van der Waals surface area contributed by atoms with Crippen molar-refractivity contribution in [3.8, 4) is 0 Å². The molecule has 36 heavy (non-hydrogen) atoms. The molecule has 0 saturated carbocycles. The minimum atomic E-state index is -0.879. The van der Waals surface area contributed by atoms with Crippen LogP contribution in [0.3, 0.4) is 0 Å². The standard InChI is InChI=1S/C16H34O2.2C7H6O2/c1-5-7-9-11-15(13(3)17)16(14(4)18)12-10-8-6-2;2*8-7(9)6-4-2-1-3-5-6/h13-18H,5-12H2,1-4H3;2*1-5H,(H,8,9). The van der Waals surface area contributed by atoms with E-state index in [1.54, 1.807) is 60.7 Å². The third-order valence-electron chi connectivity index (χ3n) is 6.11. The van der Waals surface area contributed by atoms with Gasteiger partial charge in [-0.15, -0.1) is 0 Å². The second-order valence-corrected chi connectivity index (χ2v) is 9.14. The highest BCUT2D eigenvalue weighted by atomic mass is 16.4. The molecule has 202 valence electrons. The minimum absolute atomic E-state index is 0.258. The van der Waals surface area contributed by atoms with Gasteiger partial charge in [0.1, 0.15) is 0 Å². The highest BCUT2D eigenvalue weighted by Gasteiger charge is 2.28. The van der Waals surface area contributed by atoms with Crippen LogP contribution < -0.4 is 0 Å². The third-order valence-corrected chi connectivity index (χ3v) is 6.11. The summed E-state index contributed by atoms with van der Waals surface area (Å²) < 4.78 is 0. The molecule has 6 nitrogen and oxygen atoms in total. The second kappa shape index (κ2) is 20.5. The Morgan fingerprint density at radius 2 is 0.917 bits per heavy atom. The summed E-state index contributed by atoms with van der Waals surface area (Å²) >= 11 is 0. The Labute approximate surface area is 217 Å². The Kier molecular flexibility index (Phi) is 19.0. The van der Waals surface area contributed by atoms with Crippen molar-refractivity contribution in [2.45, 2.75) is 91.3 Å². The van der Waals surface area contributed by atoms with Gasteiger partial charge in [0.25, 0.3) is 0 Å². The molecule has 0 heterocycles. The predicted octanol–water partition coefficient (Wildman–Crippen LogP) is 6.91. The largest absolute Gasteiger partial charge is 0.478 e. The summed E-state index contributed by atoms with van der Waals surface area (Å²) in [6, 6.07) is 16.6. The van der Waals surface area contributed by atoms with E-state index in [4.69, 9.17) is 10.2 Å². The first-order chi connectivity index (χ1) is 17.1. The van der Waals surface area contributed by atoms with Gasteiger partial charge in [-0.2, -0.15) is 0 Å². The van der Waals surface area contributed by atoms with E-state index in [1.165, 1.54) is 38.5 Å². The molecule has 0 bridgehead atoms. The van der Waals surface area contributed by atoms with E-state index in [0.29, 0.717) is 11.1 Å². The summed E-state index contributed by atoms with van der Waals surface area (Å²) in [5, 5.41) is 36.7. The van der Waals surface area contributed by atoms with Crippen molar-refractivity contribution < 1.29 is 30.0 Å². The molecule has 2 aromatic rings. The summed E-state index contributed by atoms with van der Waals surface area (Å²) in [5.41, 5.74) is 0.662. The molecule has 4 unspecified atom stereocenters. The maximum Gasteiger partial charge on any atom is 0.335 e. The number of benzene rings is 2. The van der Waals surface area contributed by atoms with Gasteiger partial charge in [0.05, 0.1) is 23.3 Å². The number of carbonyl (C=O) groups is 2. The Hall–Kier alpha value is -2.70. The van der Waals surface area contributed by atoms with Gasteiger partial charge in [-0.3, -0.25) is 0 Å². The summed E-state index contributed by atoms with van der Waals surface area (Å²) in [6.07, 6.45) is 8.71. The molecule has 0 spiro atoms. The summed E-state index contributed by atoms with van der Waals surface area (Å²) in [5.74, 6) is -1.24. The zero-order valence-corrected chi connectivity index (χ0v) is 22.3. The Morgan fingerprint density at radius 1 is 0.611 bits per heavy atom. The average molecular weight is 503 g/mol. The van der Waals surface area contributed by atoms with Crippen LogP contribution >= 0.6 is 0 Å². The van der Waals surface area contributed by atoms with Crippen LogP contribution in [0.25, 0.3) is 0 Å². The third kappa shape index (κ3) is 15.3. The molecule has 0 fully saturated rings. The van der Waals surface area contributed by atoms with Crippen molar-refractivity contribution in [2.75, 3.05) is 0 Å². The zero-order chi connectivity index (χ0) is 27.3. The van der Waals surface area contributed by atoms with Crippen LogP contribution in [0.4, 0.5) is 0 Å². The molecule has 0 aliphatic carbocycles. The fourth-order valence-corrected chi connectivity index (χ4v) is 4.05. The van der Waals surface area contributed by atoms with Crippen molar-refractivity contribution in [1.82, 2.24) is 0 Å². The Morgan fingerprint density at radius 3 is 1.11 bits per heavy atom. The Bertz CT molecular complexity index is 735. The smallest absolute Gasteiger partial charge is 0.335 e. The van der Waals surface area contributed by atoms with E-state index in [1.807, 2.05) is 13.8 Å². The van der Waals surface area contributed by atoms with Crippen LogP contribution in [0.15, 0.2) is 60.7 Å². The maximum atomic E-state index is 10.2. The van der Waals surface area contributed by atoms with Gasteiger partial charge in [0.15, 0.2) is 0 Å². The average Bonchev–Trinajstić information content (AvgIpc) is 2.86. The van der Waals surface area contributed by atoms with E-state index in [0.717, 1.165) is 12.8 Å². The number of aromatic carboxylic acids is 2. The lowest BCUT2D eigenvalue weighted by Gasteiger charge is -2.32. The topological polar surface area (TPSA) is 115 Å². The lowest BCUT2D eigenvalue weighted by molar-refractivity contribution is 0.0122. The summed E-state index contributed by atoms with van der Waals surface area (Å²) in [7, 11) is 0. The second-order valence-electron chi connectivity index (χ2n) is 9.14. The number of hydrogen-bond acceptors (Lipinski definition) is 4. The lowest BCUT2D eigenvalue weighted by Crippen LogP contribution is -2.32. The van der Waals surface area contributed by atoms with E-state index in [-0.39, 0.29) is 24.0 Å². The van der Waals surface area contributed by atoms with Crippen LogP contribution in [-0.4, -0.2) is 44.6 Å². The molecular formula is C30H46O6. The first-order valence-corrected chi connectivity index (χ1v) is 13.1. The van der Waals surface area contributed by atoms with Crippen molar-refractivity contribution in [3.05, 3.63) is 71.8 Å². The molecule has 2 aromatic carbocycles. The maximum absolute atomic E-state index is 10.2. The van der Waals surface area contributed by atoms with Crippen molar-refractivity contribution in [2.24, 2.45) is 11.8 Å². The first kappa shape index (κ1) is 33.3. The first-order valence-electron chi connectivity index (χ1n) is 13.1. The van der Waals surface area contributed by atoms with Gasteiger partial charge < -0.3 is 20.4 Å². The van der Waals surface area contributed by atoms with Crippen molar-refractivity contribution in [1.29, 1.82) is 0 Å². The number of carboxylic acid groups (broad SMARTS) is 2. The molecular weight excluding hydrogens is 456 g/mol. The highest BCUT2D eigenvalue weighted by molar-refractivity contribution is 5.87. The van der Waals surface area contributed by atoms with Gasteiger partial charge in [-0.25, -0.2) is 9.59 Å². The number of carboxylic acids is 2. The molecule has 0 radical (unpaired) electrons. The van der Waals surface area contributed by atoms with Gasteiger partial charge in [-0.05, 0) is 62.8 Å². The fraction of sp³-hybridized carbons (Fsp3) is 0.533. The van der Waals surface area contributed by atoms with Crippen LogP contribution in [0.5, 0.6) is 0 Å². The molecule has 6 heteroatoms. The Balaban J connectivity index is 0.000000564. The lowest BCUT2D eigenvalue weighted by atomic mass is 9.78. The zero-order valence-electron chi connectivity index (χ0n) is 22.3. The molecule has 0 amide bonds. The fourth-order valence-electron chi connectivity index (χ4n) is 4.05. The monoisotopic (exact) mass is 502 g/mol. The van der Waals surface area contributed by atoms with Gasteiger partial charge in [0.2, 0.25) is 0 Å². The molecule has 0 aliphatic rings. The number of aliphatic hydroxyl groups is 2. The van der Waals surface area contributed by atoms with Crippen LogP contribution in [0, 0.1) is 11.8 Å². The molecule has 0 aliphatic heterocycles. The van der Waals surface area contributed by atoms with Crippen LogP contribution in [0.2, 0.25) is 0 Å². The number of rotatable bonds is 13. The predicted molar refractivity (Wildman–Crippen MR) is 145 cm³/mol. The van der Waals surface area contributed by atoms with Crippen LogP contribution in [-0.2, 0) is 0 Å². The minimum Gasteiger partial charge on any atom is -0.478 e. The SMILES string of the molecule is CCCCCC(C(C)O)C(CCCCC)C(C)O.O=C(O)c1ccccc1.O=C(O)c1ccccc1. The molecule has 0 aromatic heterocycles. The van der Waals surface area contributed by atoms with Gasteiger partial charge >= 0.3 is 11.9 Å². The quantitative estimate of drug-likeness (QED) is 0.221. The highest BCUT2D eigenvalue weighted by Crippen LogP contribution is 2.30. The number of aliphatic hydroxyl groups excluding tert-OH is 2. The van der Waals surface area contributed by atoms with Crippen molar-refractivity contribution in [3.63, 3.8) is 0 Å². The van der Waals surface area contributed by atoms with E-state index in [9.17, 15) is 19.8 Å². The number of hydrogen-bond donors (Lipinski definition) is 4. The molecule has 4 atom stereocenters. The van der Waals surface area contributed by atoms with Gasteiger partial charge in [0, 0.05) is 0 Å². The van der Waals surface area contributed by atoms with E-state index < -0.39 is 11.9 Å². The van der Waals surface area contributed by atoms with Crippen molar-refractivity contribution >= 4 is 11.9 Å². The molecule has 2 rings (SSSR count). The summed E-state index contributed by atoms with van der Waals surface area (Å²) in [4.78, 5) is 20.4. The number of unbranched alkanes of at least 4 members (excludes halogenated alkanes) is 4. The normalized spacial score (nSPS) is 13.6. The summed E-state index contributed by atoms with van der Waals surface area (Å²) in [6.45, 7) is 8.16. The molecule has 4 N–H and O–H groups in total. The molecule has 0 saturated heterocycles. The van der Waals surface area contributed by atoms with E-state index in [2.05, 4.69) is 13.8 Å². The van der Waals surface area contributed by atoms with Gasteiger partial charge in [-0.1, -0.05) is 88.8 Å². The van der Waals surface area contributed by atoms with Crippen LogP contribution in [0.1, 0.15) is 99.8 Å².